The summed E-state index contributed by atoms with van der Waals surface area (Å²) in [7, 11) is 0. The van der Waals surface area contributed by atoms with E-state index in [1.807, 2.05) is 11.0 Å². The van der Waals surface area contributed by atoms with Gasteiger partial charge in [0.25, 0.3) is 0 Å². The quantitative estimate of drug-likeness (QED) is 0.856. The summed E-state index contributed by atoms with van der Waals surface area (Å²) in [5, 5.41) is 4.03. The predicted octanol–water partition coefficient (Wildman–Crippen LogP) is 1.37. The molecule has 1 aromatic carbocycles. The van der Waals surface area contributed by atoms with E-state index in [2.05, 4.69) is 5.10 Å². The molecule has 21 heavy (non-hydrogen) atoms. The summed E-state index contributed by atoms with van der Waals surface area (Å²) < 4.78 is 15.4. The maximum atomic E-state index is 13.7. The first-order chi connectivity index (χ1) is 10.2. The van der Waals surface area contributed by atoms with Crippen LogP contribution < -0.4 is 4.90 Å². The van der Waals surface area contributed by atoms with Crippen molar-refractivity contribution < 1.29 is 9.18 Å². The van der Waals surface area contributed by atoms with Crippen molar-refractivity contribution >= 4 is 11.6 Å². The molecule has 1 aromatic heterocycles. The second kappa shape index (κ2) is 5.95. The maximum absolute atomic E-state index is 13.7. The van der Waals surface area contributed by atoms with Crippen molar-refractivity contribution in [1.82, 2.24) is 14.7 Å². The zero-order valence-corrected chi connectivity index (χ0v) is 11.7. The Labute approximate surface area is 122 Å². The molecule has 0 radical (unpaired) electrons. The Morgan fingerprint density at radius 2 is 1.90 bits per heavy atom. The molecule has 1 amide bonds. The molecule has 5 nitrogen and oxygen atoms in total. The summed E-state index contributed by atoms with van der Waals surface area (Å²) in [5.74, 6) is -0.166. The summed E-state index contributed by atoms with van der Waals surface area (Å²) in [4.78, 5) is 15.9. The van der Waals surface area contributed by atoms with E-state index in [-0.39, 0.29) is 18.3 Å². The minimum Gasteiger partial charge on any atom is -0.366 e. The van der Waals surface area contributed by atoms with Gasteiger partial charge in [0.15, 0.2) is 0 Å². The van der Waals surface area contributed by atoms with Crippen LogP contribution >= 0.6 is 0 Å². The lowest BCUT2D eigenvalue weighted by molar-refractivity contribution is -0.132. The van der Waals surface area contributed by atoms with Gasteiger partial charge in [0.2, 0.25) is 5.91 Å². The van der Waals surface area contributed by atoms with E-state index in [0.29, 0.717) is 31.9 Å². The average molecular weight is 288 g/mol. The Hall–Kier alpha value is -2.37. The summed E-state index contributed by atoms with van der Waals surface area (Å²) in [5.41, 5.74) is 0.608. The minimum atomic E-state index is -0.214. The molecule has 1 aliphatic rings. The number of anilines is 1. The van der Waals surface area contributed by atoms with Crippen molar-refractivity contribution in [3.05, 3.63) is 48.5 Å². The van der Waals surface area contributed by atoms with Crippen LogP contribution in [0, 0.1) is 5.82 Å². The van der Waals surface area contributed by atoms with Crippen LogP contribution in [-0.2, 0) is 11.3 Å². The largest absolute Gasteiger partial charge is 0.366 e. The number of para-hydroxylation sites is 1. The fraction of sp³-hybridized carbons (Fsp3) is 0.333. The highest BCUT2D eigenvalue weighted by atomic mass is 19.1. The van der Waals surface area contributed by atoms with Gasteiger partial charge in [-0.15, -0.1) is 0 Å². The third-order valence-corrected chi connectivity index (χ3v) is 3.68. The number of halogens is 1. The van der Waals surface area contributed by atoms with E-state index in [1.54, 1.807) is 40.2 Å². The highest BCUT2D eigenvalue weighted by molar-refractivity contribution is 5.76. The SMILES string of the molecule is O=C(Cn1cccn1)N1CCN(c2ccccc2F)CC1. The zero-order chi connectivity index (χ0) is 14.7. The Balaban J connectivity index is 1.58. The molecule has 2 aromatic rings. The number of hydrogen-bond donors (Lipinski definition) is 0. The topological polar surface area (TPSA) is 41.4 Å². The number of benzene rings is 1. The molecule has 0 atom stereocenters. The van der Waals surface area contributed by atoms with Gasteiger partial charge in [0.05, 0.1) is 5.69 Å². The highest BCUT2D eigenvalue weighted by Crippen LogP contribution is 2.20. The van der Waals surface area contributed by atoms with Gasteiger partial charge in [-0.05, 0) is 18.2 Å². The number of nitrogens with zero attached hydrogens (tertiary/aromatic N) is 4. The lowest BCUT2D eigenvalue weighted by Gasteiger charge is -2.36. The molecule has 6 heteroatoms. The van der Waals surface area contributed by atoms with Gasteiger partial charge in [0, 0.05) is 38.6 Å². The molecule has 0 N–H and O–H groups in total. The maximum Gasteiger partial charge on any atom is 0.244 e. The summed E-state index contributed by atoms with van der Waals surface area (Å²) in [6, 6.07) is 8.54. The Kier molecular flexibility index (Phi) is 3.85. The third kappa shape index (κ3) is 3.04. The molecule has 0 unspecified atom stereocenters. The van der Waals surface area contributed by atoms with Gasteiger partial charge in [-0.25, -0.2) is 4.39 Å². The molecule has 1 aliphatic heterocycles. The number of hydrogen-bond acceptors (Lipinski definition) is 3. The normalized spacial score (nSPS) is 15.3. The van der Waals surface area contributed by atoms with E-state index in [4.69, 9.17) is 0 Å². The predicted molar refractivity (Wildman–Crippen MR) is 77.4 cm³/mol. The molecule has 0 bridgehead atoms. The summed E-state index contributed by atoms with van der Waals surface area (Å²) in [6.07, 6.45) is 3.43. The number of piperazine rings is 1. The average Bonchev–Trinajstić information content (AvgIpc) is 3.01. The number of aromatic nitrogens is 2. The van der Waals surface area contributed by atoms with Crippen LogP contribution in [0.5, 0.6) is 0 Å². The van der Waals surface area contributed by atoms with Gasteiger partial charge in [-0.1, -0.05) is 12.1 Å². The van der Waals surface area contributed by atoms with Gasteiger partial charge in [-0.2, -0.15) is 5.10 Å². The first-order valence-electron chi connectivity index (χ1n) is 6.99. The van der Waals surface area contributed by atoms with Crippen molar-refractivity contribution in [2.24, 2.45) is 0 Å². The van der Waals surface area contributed by atoms with Crippen molar-refractivity contribution in [1.29, 1.82) is 0 Å². The van der Waals surface area contributed by atoms with E-state index >= 15 is 0 Å². The first kappa shape index (κ1) is 13.6. The van der Waals surface area contributed by atoms with Crippen LogP contribution in [-0.4, -0.2) is 46.8 Å². The molecule has 0 saturated carbocycles. The van der Waals surface area contributed by atoms with Crippen molar-refractivity contribution in [3.8, 4) is 0 Å². The first-order valence-corrected chi connectivity index (χ1v) is 6.99. The third-order valence-electron chi connectivity index (χ3n) is 3.68. The van der Waals surface area contributed by atoms with Crippen LogP contribution in [0.25, 0.3) is 0 Å². The number of rotatable bonds is 3. The molecule has 2 heterocycles. The monoisotopic (exact) mass is 288 g/mol. The van der Waals surface area contributed by atoms with E-state index in [0.717, 1.165) is 0 Å². The molecule has 0 spiro atoms. The zero-order valence-electron chi connectivity index (χ0n) is 11.7. The van der Waals surface area contributed by atoms with Gasteiger partial charge >= 0.3 is 0 Å². The minimum absolute atomic E-state index is 0.0480. The van der Waals surface area contributed by atoms with Gasteiger partial charge in [-0.3, -0.25) is 9.48 Å². The highest BCUT2D eigenvalue weighted by Gasteiger charge is 2.22. The number of amides is 1. The summed E-state index contributed by atoms with van der Waals surface area (Å²) in [6.45, 7) is 2.76. The fourth-order valence-corrected chi connectivity index (χ4v) is 2.54. The lowest BCUT2D eigenvalue weighted by Crippen LogP contribution is -2.49. The molecular formula is C15H17FN4O. The second-order valence-electron chi connectivity index (χ2n) is 5.02. The van der Waals surface area contributed by atoms with Crippen LogP contribution in [0.3, 0.4) is 0 Å². The molecule has 1 saturated heterocycles. The Morgan fingerprint density at radius 1 is 1.14 bits per heavy atom. The molecular weight excluding hydrogens is 271 g/mol. The molecule has 1 fully saturated rings. The standard InChI is InChI=1S/C15H17FN4O/c16-13-4-1-2-5-14(13)18-8-10-19(11-9-18)15(21)12-20-7-3-6-17-20/h1-7H,8-12H2. The van der Waals surface area contributed by atoms with Crippen molar-refractivity contribution in [2.45, 2.75) is 6.54 Å². The molecule has 0 aliphatic carbocycles. The van der Waals surface area contributed by atoms with E-state index in [9.17, 15) is 9.18 Å². The number of carbonyl (C=O) groups excluding carboxylic acids is 1. The Bertz CT molecular complexity index is 606. The summed E-state index contributed by atoms with van der Waals surface area (Å²) >= 11 is 0. The van der Waals surface area contributed by atoms with Crippen LogP contribution in [0.15, 0.2) is 42.7 Å². The van der Waals surface area contributed by atoms with Crippen LogP contribution in [0.2, 0.25) is 0 Å². The molecule has 110 valence electrons. The van der Waals surface area contributed by atoms with Gasteiger partial charge < -0.3 is 9.80 Å². The van der Waals surface area contributed by atoms with E-state index in [1.165, 1.54) is 6.07 Å². The molecule has 3 rings (SSSR count). The van der Waals surface area contributed by atoms with E-state index < -0.39 is 0 Å². The second-order valence-corrected chi connectivity index (χ2v) is 5.02. The lowest BCUT2D eigenvalue weighted by atomic mass is 10.2. The van der Waals surface area contributed by atoms with Crippen LogP contribution in [0.1, 0.15) is 0 Å². The Morgan fingerprint density at radius 3 is 2.57 bits per heavy atom. The van der Waals surface area contributed by atoms with Crippen molar-refractivity contribution in [2.75, 3.05) is 31.1 Å². The van der Waals surface area contributed by atoms with Gasteiger partial charge in [0.1, 0.15) is 12.4 Å². The number of carbonyl (C=O) groups is 1. The van der Waals surface area contributed by atoms with Crippen LogP contribution in [0.4, 0.5) is 10.1 Å². The van der Waals surface area contributed by atoms with Crippen molar-refractivity contribution in [3.63, 3.8) is 0 Å². The smallest absolute Gasteiger partial charge is 0.244 e. The fourth-order valence-electron chi connectivity index (χ4n) is 2.54.